The van der Waals surface area contributed by atoms with Gasteiger partial charge in [0.25, 0.3) is 11.8 Å². The van der Waals surface area contributed by atoms with E-state index < -0.39 is 15.2 Å². The van der Waals surface area contributed by atoms with Gasteiger partial charge in [0, 0.05) is 18.6 Å². The second kappa shape index (κ2) is 6.30. The Morgan fingerprint density at radius 1 is 1.44 bits per heavy atom. The molecule has 1 aliphatic heterocycles. The van der Waals surface area contributed by atoms with Crippen molar-refractivity contribution < 1.29 is 8.63 Å². The Morgan fingerprint density at radius 3 is 2.85 bits per heavy atom. The summed E-state index contributed by atoms with van der Waals surface area (Å²) in [5.41, 5.74) is 5.11. The van der Waals surface area contributed by atoms with Crippen molar-refractivity contribution >= 4 is 55.8 Å². The van der Waals surface area contributed by atoms with Crippen LogP contribution in [0, 0.1) is 0 Å². The Kier molecular flexibility index (Phi) is 4.29. The molecular weight excluding hydrogens is 428 g/mol. The van der Waals surface area contributed by atoms with Crippen molar-refractivity contribution in [1.29, 1.82) is 0 Å². The summed E-state index contributed by atoms with van der Waals surface area (Å²) in [4.78, 5) is 10.1. The minimum Gasteiger partial charge on any atom is -0.413 e. The summed E-state index contributed by atoms with van der Waals surface area (Å²) in [5.74, 6) is 4.86. The maximum Gasteiger partial charge on any atom is 0.277 e. The molecule has 0 fully saturated rings. The number of thiophene rings is 1. The third-order valence-electron chi connectivity index (χ3n) is 4.12. The lowest BCUT2D eigenvalue weighted by atomic mass is 10.0. The van der Waals surface area contributed by atoms with Gasteiger partial charge in [0.15, 0.2) is 5.01 Å². The van der Waals surface area contributed by atoms with Crippen LogP contribution in [0.25, 0.3) is 21.7 Å². The topological polar surface area (TPSA) is 110 Å². The first-order chi connectivity index (χ1) is 12.7. The number of rotatable bonds is 3. The number of aromatic nitrogens is 3. The zero-order chi connectivity index (χ0) is 19.4. The van der Waals surface area contributed by atoms with Crippen LogP contribution in [-0.4, -0.2) is 48.3 Å². The van der Waals surface area contributed by atoms with Gasteiger partial charge in [-0.2, -0.15) is 0 Å². The van der Waals surface area contributed by atoms with Crippen LogP contribution in [0.15, 0.2) is 27.1 Å². The molecule has 3 aromatic heterocycles. The Morgan fingerprint density at radius 2 is 2.19 bits per heavy atom. The van der Waals surface area contributed by atoms with Gasteiger partial charge in [-0.05, 0) is 18.9 Å². The first-order valence-electron chi connectivity index (χ1n) is 7.67. The lowest BCUT2D eigenvalue weighted by Gasteiger charge is -2.36. The molecule has 8 nitrogen and oxygen atoms in total. The van der Waals surface area contributed by atoms with E-state index in [4.69, 9.17) is 21.8 Å². The summed E-state index contributed by atoms with van der Waals surface area (Å²) in [6.07, 6.45) is 1.67. The maximum absolute atomic E-state index is 12.8. The Bertz CT molecular complexity index is 1130. The number of nitrogens with zero attached hydrogens (tertiary/aromatic N) is 5. The van der Waals surface area contributed by atoms with Gasteiger partial charge in [-0.1, -0.05) is 11.6 Å². The van der Waals surface area contributed by atoms with Gasteiger partial charge in [0.1, 0.15) is 5.54 Å². The monoisotopic (exact) mass is 442 g/mol. The molecule has 0 bridgehead atoms. The van der Waals surface area contributed by atoms with E-state index in [1.807, 2.05) is 12.3 Å². The van der Waals surface area contributed by atoms with Crippen LogP contribution in [0.3, 0.4) is 0 Å². The summed E-state index contributed by atoms with van der Waals surface area (Å²) in [5, 5.41) is 11.1. The minimum atomic E-state index is -2.60. The zero-order valence-electron chi connectivity index (χ0n) is 14.4. The first-order valence-corrected chi connectivity index (χ1v) is 11.6. The van der Waals surface area contributed by atoms with Crippen LogP contribution >= 0.6 is 34.3 Å². The first kappa shape index (κ1) is 18.4. The summed E-state index contributed by atoms with van der Waals surface area (Å²) < 4.78 is 20.0. The van der Waals surface area contributed by atoms with E-state index in [0.717, 1.165) is 4.88 Å². The zero-order valence-corrected chi connectivity index (χ0v) is 17.6. The molecule has 0 radical (unpaired) electrons. The molecule has 2 N–H and O–H groups in total. The average molecular weight is 443 g/mol. The van der Waals surface area contributed by atoms with Crippen molar-refractivity contribution in [3.63, 3.8) is 0 Å². The molecule has 0 aromatic carbocycles. The lowest BCUT2D eigenvalue weighted by molar-refractivity contribution is 0.522. The molecule has 2 atom stereocenters. The molecule has 4 rings (SSSR count). The van der Waals surface area contributed by atoms with Gasteiger partial charge in [-0.25, -0.2) is 14.2 Å². The van der Waals surface area contributed by atoms with Gasteiger partial charge in [0.2, 0.25) is 5.96 Å². The van der Waals surface area contributed by atoms with E-state index >= 15 is 0 Å². The minimum absolute atomic E-state index is 0.165. The number of nitrogens with two attached hydrogens (primary N) is 1. The van der Waals surface area contributed by atoms with Crippen molar-refractivity contribution in [2.75, 3.05) is 12.8 Å². The highest BCUT2D eigenvalue weighted by Crippen LogP contribution is 2.44. The molecule has 3 aromatic rings. The van der Waals surface area contributed by atoms with E-state index in [2.05, 4.69) is 26.0 Å². The predicted molar refractivity (Wildman–Crippen MR) is 111 cm³/mol. The Hall–Kier alpha value is -1.95. The SMILES string of the molecule is C=S1(=O)C[C@@](C)(c2sc(-c3nnc(-c4nccs4)o3)cc2Cl)N=C(N)N1C. The van der Waals surface area contributed by atoms with E-state index in [1.54, 1.807) is 19.3 Å². The fraction of sp³-hybridized carbons (Fsp3) is 0.267. The van der Waals surface area contributed by atoms with E-state index in [1.165, 1.54) is 27.0 Å². The fourth-order valence-corrected chi connectivity index (χ4v) is 6.62. The molecule has 142 valence electrons. The normalized spacial score (nSPS) is 25.6. The van der Waals surface area contributed by atoms with Crippen LogP contribution in [0.1, 0.15) is 11.8 Å². The van der Waals surface area contributed by atoms with Crippen LogP contribution < -0.4 is 5.73 Å². The molecule has 0 spiro atoms. The van der Waals surface area contributed by atoms with Crippen molar-refractivity contribution in [1.82, 2.24) is 19.5 Å². The van der Waals surface area contributed by atoms with Crippen molar-refractivity contribution in [3.05, 3.63) is 27.5 Å². The number of guanidine groups is 1. The summed E-state index contributed by atoms with van der Waals surface area (Å²) in [6, 6.07) is 1.74. The molecule has 0 amide bonds. The number of aliphatic imine (C=N–C) groups is 1. The summed E-state index contributed by atoms with van der Waals surface area (Å²) in [6.45, 7) is 1.84. The van der Waals surface area contributed by atoms with Gasteiger partial charge < -0.3 is 10.2 Å². The van der Waals surface area contributed by atoms with Gasteiger partial charge in [-0.3, -0.25) is 4.31 Å². The highest BCUT2D eigenvalue weighted by molar-refractivity contribution is 7.98. The van der Waals surface area contributed by atoms with E-state index in [9.17, 15) is 4.21 Å². The van der Waals surface area contributed by atoms with Crippen molar-refractivity contribution in [2.24, 2.45) is 10.7 Å². The average Bonchev–Trinajstić information content (AvgIpc) is 3.31. The standard InChI is InChI=1S/C15H15ClN6O2S3/c1-15(7-27(3,23)22(2)14(17)19-15)10-8(16)6-9(26-10)11-20-21-12(24-11)13-18-4-5-25-13/h4-6H,3,7H2,1-2H3,(H2,17,19)/t15-,27?/m0/s1. The van der Waals surface area contributed by atoms with Crippen LogP contribution in [0.2, 0.25) is 5.02 Å². The second-order valence-electron chi connectivity index (χ2n) is 6.20. The molecule has 0 saturated carbocycles. The van der Waals surface area contributed by atoms with Crippen LogP contribution in [-0.2, 0) is 15.2 Å². The molecular formula is C15H15ClN6O2S3. The smallest absolute Gasteiger partial charge is 0.277 e. The third kappa shape index (κ3) is 3.14. The number of thiazole rings is 1. The summed E-state index contributed by atoms with van der Waals surface area (Å²) in [7, 11) is -0.978. The third-order valence-corrected chi connectivity index (χ3v) is 8.86. The molecule has 12 heteroatoms. The molecule has 1 unspecified atom stereocenters. The van der Waals surface area contributed by atoms with E-state index in [-0.39, 0.29) is 11.7 Å². The largest absolute Gasteiger partial charge is 0.413 e. The predicted octanol–water partition coefficient (Wildman–Crippen LogP) is 2.68. The summed E-state index contributed by atoms with van der Waals surface area (Å²) >= 11 is 9.24. The van der Waals surface area contributed by atoms with Gasteiger partial charge in [-0.15, -0.1) is 32.9 Å². The van der Waals surface area contributed by atoms with Gasteiger partial charge in [0.05, 0.1) is 30.2 Å². The molecule has 4 heterocycles. The molecule has 0 aliphatic carbocycles. The lowest BCUT2D eigenvalue weighted by Crippen LogP contribution is -2.50. The van der Waals surface area contributed by atoms with Gasteiger partial charge >= 0.3 is 0 Å². The number of hydrogen-bond donors (Lipinski definition) is 1. The van der Waals surface area contributed by atoms with Crippen LogP contribution in [0.4, 0.5) is 0 Å². The Balaban J connectivity index is 1.74. The second-order valence-corrected chi connectivity index (χ2v) is 10.9. The van der Waals surface area contributed by atoms with Crippen molar-refractivity contribution in [2.45, 2.75) is 12.5 Å². The van der Waals surface area contributed by atoms with E-state index in [0.29, 0.717) is 26.7 Å². The fourth-order valence-electron chi connectivity index (χ4n) is 2.76. The molecule has 27 heavy (non-hydrogen) atoms. The Labute approximate surface area is 168 Å². The van der Waals surface area contributed by atoms with Crippen LogP contribution in [0.5, 0.6) is 0 Å². The molecule has 1 aliphatic rings. The molecule has 0 saturated heterocycles. The quantitative estimate of drug-likeness (QED) is 0.624. The highest BCUT2D eigenvalue weighted by Gasteiger charge is 2.40. The number of halogens is 1. The van der Waals surface area contributed by atoms with Crippen molar-refractivity contribution in [3.8, 4) is 21.7 Å². The maximum atomic E-state index is 12.8. The highest BCUT2D eigenvalue weighted by atomic mass is 35.5. The number of hydrogen-bond acceptors (Lipinski definition) is 9.